The second-order valence-electron chi connectivity index (χ2n) is 3.78. The number of rotatable bonds is 3. The minimum Gasteiger partial charge on any atom is -0.243 e. The van der Waals surface area contributed by atoms with Gasteiger partial charge in [0.05, 0.1) is 6.20 Å². The van der Waals surface area contributed by atoms with E-state index in [0.717, 1.165) is 15.5 Å². The van der Waals surface area contributed by atoms with Gasteiger partial charge in [0.15, 0.2) is 10.3 Å². The molecule has 19 heavy (non-hydrogen) atoms. The Morgan fingerprint density at radius 2 is 1.95 bits per heavy atom. The summed E-state index contributed by atoms with van der Waals surface area (Å²) in [5.74, 6) is 0.848. The van der Waals surface area contributed by atoms with Crippen molar-refractivity contribution in [1.29, 1.82) is 0 Å². The van der Waals surface area contributed by atoms with Crippen LogP contribution in [0.2, 0.25) is 0 Å². The van der Waals surface area contributed by atoms with Crippen molar-refractivity contribution >= 4 is 49.3 Å². The molecule has 1 aromatic carbocycles. The van der Waals surface area contributed by atoms with Gasteiger partial charge >= 0.3 is 0 Å². The van der Waals surface area contributed by atoms with Gasteiger partial charge in [-0.3, -0.25) is 0 Å². The highest BCUT2D eigenvalue weighted by Gasteiger charge is 2.10. The van der Waals surface area contributed by atoms with E-state index >= 15 is 0 Å². The van der Waals surface area contributed by atoms with Gasteiger partial charge in [-0.15, -0.1) is 5.10 Å². The summed E-state index contributed by atoms with van der Waals surface area (Å²) in [7, 11) is 0. The molecule has 0 atom stereocenters. The SMILES string of the molecule is Brc1ncc(Br)n2nc(SCc3ccccc3)nc12. The third kappa shape index (κ3) is 2.82. The molecule has 96 valence electrons. The van der Waals surface area contributed by atoms with Crippen LogP contribution in [0.5, 0.6) is 0 Å². The average Bonchev–Trinajstić information content (AvgIpc) is 2.87. The molecule has 0 bridgehead atoms. The summed E-state index contributed by atoms with van der Waals surface area (Å²) in [5, 5.41) is 5.17. The van der Waals surface area contributed by atoms with Crippen molar-refractivity contribution in [2.24, 2.45) is 0 Å². The van der Waals surface area contributed by atoms with Crippen molar-refractivity contribution in [2.75, 3.05) is 0 Å². The Morgan fingerprint density at radius 1 is 1.16 bits per heavy atom. The second-order valence-corrected chi connectivity index (χ2v) is 6.28. The van der Waals surface area contributed by atoms with E-state index < -0.39 is 0 Å². The molecule has 0 aliphatic heterocycles. The van der Waals surface area contributed by atoms with Crippen molar-refractivity contribution in [3.05, 3.63) is 51.3 Å². The minimum absolute atomic E-state index is 0.690. The smallest absolute Gasteiger partial charge is 0.209 e. The summed E-state index contributed by atoms with van der Waals surface area (Å²) in [6.07, 6.45) is 1.69. The Kier molecular flexibility index (Phi) is 3.86. The number of aromatic nitrogens is 4. The van der Waals surface area contributed by atoms with Crippen LogP contribution in [0.1, 0.15) is 5.56 Å². The van der Waals surface area contributed by atoms with Gasteiger partial charge in [0.1, 0.15) is 4.60 Å². The number of hydrogen-bond donors (Lipinski definition) is 0. The van der Waals surface area contributed by atoms with Gasteiger partial charge in [0, 0.05) is 5.75 Å². The quantitative estimate of drug-likeness (QED) is 0.625. The first-order chi connectivity index (χ1) is 9.24. The first-order valence-electron chi connectivity index (χ1n) is 5.47. The lowest BCUT2D eigenvalue weighted by Gasteiger charge is -1.96. The Hall–Kier alpha value is -0.920. The summed E-state index contributed by atoms with van der Waals surface area (Å²) in [6, 6.07) is 10.3. The molecule has 0 aliphatic carbocycles. The van der Waals surface area contributed by atoms with E-state index in [9.17, 15) is 0 Å². The molecule has 0 aliphatic rings. The number of benzene rings is 1. The number of fused-ring (bicyclic) bond motifs is 1. The predicted octanol–water partition coefficient (Wildman–Crippen LogP) is 3.94. The molecule has 0 N–H and O–H groups in total. The summed E-state index contributed by atoms with van der Waals surface area (Å²) < 4.78 is 3.20. The van der Waals surface area contributed by atoms with Crippen LogP contribution in [0.25, 0.3) is 5.65 Å². The molecule has 3 rings (SSSR count). The van der Waals surface area contributed by atoms with Gasteiger partial charge in [-0.25, -0.2) is 9.50 Å². The van der Waals surface area contributed by atoms with E-state index in [-0.39, 0.29) is 0 Å². The van der Waals surface area contributed by atoms with Crippen molar-refractivity contribution in [3.8, 4) is 0 Å². The van der Waals surface area contributed by atoms with Crippen LogP contribution in [0.3, 0.4) is 0 Å². The van der Waals surface area contributed by atoms with Gasteiger partial charge in [-0.1, -0.05) is 42.1 Å². The number of nitrogens with zero attached hydrogens (tertiary/aromatic N) is 4. The van der Waals surface area contributed by atoms with E-state index in [2.05, 4.69) is 59.1 Å². The van der Waals surface area contributed by atoms with Gasteiger partial charge in [-0.05, 0) is 37.4 Å². The van der Waals surface area contributed by atoms with Crippen LogP contribution in [-0.4, -0.2) is 19.6 Å². The maximum absolute atomic E-state index is 4.46. The fourth-order valence-electron chi connectivity index (χ4n) is 1.58. The van der Waals surface area contributed by atoms with Gasteiger partial charge in [0.2, 0.25) is 5.16 Å². The van der Waals surface area contributed by atoms with Crippen LogP contribution in [0.15, 0.2) is 50.9 Å². The van der Waals surface area contributed by atoms with Crippen molar-refractivity contribution in [3.63, 3.8) is 0 Å². The Balaban J connectivity index is 1.86. The first kappa shape index (κ1) is 13.1. The number of halogens is 2. The lowest BCUT2D eigenvalue weighted by atomic mass is 10.2. The molecule has 0 spiro atoms. The van der Waals surface area contributed by atoms with E-state index in [1.807, 2.05) is 18.2 Å². The molecular formula is C12H8Br2N4S. The van der Waals surface area contributed by atoms with Crippen molar-refractivity contribution in [2.45, 2.75) is 10.9 Å². The molecule has 2 aromatic heterocycles. The van der Waals surface area contributed by atoms with Crippen molar-refractivity contribution < 1.29 is 0 Å². The Morgan fingerprint density at radius 3 is 2.68 bits per heavy atom. The van der Waals surface area contributed by atoms with Gasteiger partial charge < -0.3 is 0 Å². The van der Waals surface area contributed by atoms with E-state index in [1.54, 1.807) is 22.5 Å². The standard InChI is InChI=1S/C12H8Br2N4S/c13-9-6-15-10(14)11-16-12(17-18(9)11)19-7-8-4-2-1-3-5-8/h1-6H,7H2. The highest BCUT2D eigenvalue weighted by Crippen LogP contribution is 2.24. The van der Waals surface area contributed by atoms with E-state index in [1.165, 1.54) is 5.56 Å². The average molecular weight is 400 g/mol. The van der Waals surface area contributed by atoms with E-state index in [0.29, 0.717) is 10.3 Å². The maximum atomic E-state index is 4.46. The zero-order valence-electron chi connectivity index (χ0n) is 9.62. The molecule has 0 radical (unpaired) electrons. The third-order valence-electron chi connectivity index (χ3n) is 2.47. The maximum Gasteiger partial charge on any atom is 0.209 e. The summed E-state index contributed by atoms with van der Waals surface area (Å²) in [4.78, 5) is 8.64. The zero-order chi connectivity index (χ0) is 13.2. The molecule has 0 fully saturated rings. The fourth-order valence-corrected chi connectivity index (χ4v) is 3.07. The van der Waals surface area contributed by atoms with Crippen LogP contribution >= 0.6 is 43.6 Å². The van der Waals surface area contributed by atoms with E-state index in [4.69, 9.17) is 0 Å². The normalized spacial score (nSPS) is 11.1. The minimum atomic E-state index is 0.690. The molecule has 0 saturated heterocycles. The summed E-state index contributed by atoms with van der Waals surface area (Å²) in [5.41, 5.74) is 1.97. The van der Waals surface area contributed by atoms with Crippen LogP contribution in [-0.2, 0) is 5.75 Å². The summed E-state index contributed by atoms with van der Waals surface area (Å²) >= 11 is 8.39. The first-order valence-corrected chi connectivity index (χ1v) is 8.05. The van der Waals surface area contributed by atoms with Gasteiger partial charge in [0.25, 0.3) is 0 Å². The highest BCUT2D eigenvalue weighted by molar-refractivity contribution is 9.11. The Labute approximate surface area is 130 Å². The lowest BCUT2D eigenvalue weighted by Crippen LogP contribution is -1.92. The van der Waals surface area contributed by atoms with Crippen LogP contribution in [0.4, 0.5) is 0 Å². The molecule has 0 unspecified atom stereocenters. The Bertz CT molecular complexity index is 675. The van der Waals surface area contributed by atoms with Crippen LogP contribution < -0.4 is 0 Å². The fraction of sp³-hybridized carbons (Fsp3) is 0.0833. The van der Waals surface area contributed by atoms with Gasteiger partial charge in [-0.2, -0.15) is 4.98 Å². The second kappa shape index (κ2) is 5.60. The third-order valence-corrected chi connectivity index (χ3v) is 4.48. The molecule has 7 heteroatoms. The number of thioether (sulfide) groups is 1. The largest absolute Gasteiger partial charge is 0.243 e. The summed E-state index contributed by atoms with van der Waals surface area (Å²) in [6.45, 7) is 0. The molecule has 4 nitrogen and oxygen atoms in total. The molecule has 3 aromatic rings. The molecular weight excluding hydrogens is 392 g/mol. The van der Waals surface area contributed by atoms with Crippen molar-refractivity contribution in [1.82, 2.24) is 19.6 Å². The zero-order valence-corrected chi connectivity index (χ0v) is 13.6. The molecule has 0 amide bonds. The van der Waals surface area contributed by atoms with Crippen LogP contribution in [0, 0.1) is 0 Å². The molecule has 2 heterocycles. The lowest BCUT2D eigenvalue weighted by molar-refractivity contribution is 0.859. The highest BCUT2D eigenvalue weighted by atomic mass is 79.9. The monoisotopic (exact) mass is 398 g/mol. The topological polar surface area (TPSA) is 43.1 Å². The molecule has 0 saturated carbocycles. The predicted molar refractivity (Wildman–Crippen MR) is 82.2 cm³/mol. The number of hydrogen-bond acceptors (Lipinski definition) is 4.